The van der Waals surface area contributed by atoms with Gasteiger partial charge in [-0.3, -0.25) is 0 Å². The summed E-state index contributed by atoms with van der Waals surface area (Å²) in [5.74, 6) is 1.81. The summed E-state index contributed by atoms with van der Waals surface area (Å²) >= 11 is 0. The van der Waals surface area contributed by atoms with Gasteiger partial charge < -0.3 is 20.3 Å². The van der Waals surface area contributed by atoms with Crippen LogP contribution in [0.4, 0.5) is 17.7 Å². The molecular formula is C20H29N9O3S. The first-order valence-corrected chi connectivity index (χ1v) is 12.6. The van der Waals surface area contributed by atoms with E-state index in [4.69, 9.17) is 20.4 Å². The zero-order valence-corrected chi connectivity index (χ0v) is 19.6. The van der Waals surface area contributed by atoms with Gasteiger partial charge >= 0.3 is 0 Å². The van der Waals surface area contributed by atoms with Gasteiger partial charge in [-0.25, -0.2) is 19.7 Å². The number of aromatic nitrogens is 4. The monoisotopic (exact) mass is 475 g/mol. The molecule has 33 heavy (non-hydrogen) atoms. The van der Waals surface area contributed by atoms with E-state index in [0.29, 0.717) is 19.2 Å². The summed E-state index contributed by atoms with van der Waals surface area (Å²) in [5, 5.41) is 0. The van der Waals surface area contributed by atoms with Gasteiger partial charge in [-0.05, 0) is 19.3 Å². The second-order valence-electron chi connectivity index (χ2n) is 8.55. The number of hydrogen-bond acceptors (Lipinski definition) is 10. The summed E-state index contributed by atoms with van der Waals surface area (Å²) in [5.41, 5.74) is 8.40. The topological polar surface area (TPSA) is 143 Å². The molecule has 2 fully saturated rings. The van der Waals surface area contributed by atoms with E-state index in [9.17, 15) is 8.42 Å². The molecule has 5 rings (SSSR count). The van der Waals surface area contributed by atoms with E-state index >= 15 is 0 Å². The van der Waals surface area contributed by atoms with E-state index in [0.717, 1.165) is 61.5 Å². The van der Waals surface area contributed by atoms with Gasteiger partial charge in [-0.1, -0.05) is 0 Å². The molecule has 4 heterocycles. The molecule has 2 aromatic rings. The molecular weight excluding hydrogens is 446 g/mol. The smallest absolute Gasteiger partial charge is 0.279 e. The summed E-state index contributed by atoms with van der Waals surface area (Å²) in [6.45, 7) is 3.56. The van der Waals surface area contributed by atoms with Gasteiger partial charge in [-0.15, -0.1) is 0 Å². The fourth-order valence-corrected chi connectivity index (χ4v) is 5.53. The largest absolute Gasteiger partial charge is 0.378 e. The van der Waals surface area contributed by atoms with Gasteiger partial charge in [0.15, 0.2) is 0 Å². The Morgan fingerprint density at radius 3 is 2.52 bits per heavy atom. The molecule has 0 bridgehead atoms. The fraction of sp³-hybridized carbons (Fsp3) is 0.600. The van der Waals surface area contributed by atoms with E-state index in [1.807, 2.05) is 0 Å². The van der Waals surface area contributed by atoms with Crippen LogP contribution < -0.4 is 20.3 Å². The van der Waals surface area contributed by atoms with Crippen molar-refractivity contribution in [1.29, 1.82) is 0 Å². The lowest BCUT2D eigenvalue weighted by molar-refractivity contribution is 0.122. The normalized spacial score (nSPS) is 23.0. The molecule has 3 aliphatic rings. The molecule has 1 aliphatic carbocycles. The molecule has 1 saturated carbocycles. The molecule has 0 amide bonds. The number of nitrogens with one attached hydrogen (secondary N) is 1. The van der Waals surface area contributed by atoms with Crippen molar-refractivity contribution >= 4 is 27.9 Å². The van der Waals surface area contributed by atoms with Crippen molar-refractivity contribution in [1.82, 2.24) is 29.0 Å². The van der Waals surface area contributed by atoms with Gasteiger partial charge in [0.25, 0.3) is 10.2 Å². The average Bonchev–Trinajstić information content (AvgIpc) is 3.22. The molecule has 0 radical (unpaired) electrons. The van der Waals surface area contributed by atoms with E-state index in [1.165, 1.54) is 11.4 Å². The minimum Gasteiger partial charge on any atom is -0.378 e. The fourth-order valence-electron chi connectivity index (χ4n) is 4.68. The van der Waals surface area contributed by atoms with Gasteiger partial charge in [-0.2, -0.15) is 17.7 Å². The minimum absolute atomic E-state index is 0.0259. The second kappa shape index (κ2) is 8.63. The van der Waals surface area contributed by atoms with Crippen molar-refractivity contribution in [2.24, 2.45) is 0 Å². The third kappa shape index (κ3) is 4.09. The Bertz CT molecular complexity index is 1120. The number of rotatable bonds is 6. The van der Waals surface area contributed by atoms with Crippen molar-refractivity contribution in [2.45, 2.75) is 31.3 Å². The molecule has 12 nitrogen and oxygen atoms in total. The van der Waals surface area contributed by atoms with Crippen LogP contribution in [0.2, 0.25) is 0 Å². The van der Waals surface area contributed by atoms with Gasteiger partial charge in [0.2, 0.25) is 11.9 Å². The van der Waals surface area contributed by atoms with Gasteiger partial charge in [0.1, 0.15) is 5.82 Å². The first-order chi connectivity index (χ1) is 15.9. The SMILES string of the molecule is CNS(=O)(=O)N(C)[C@H]1C[C@H](N2CCc3c(-c4cnc(N)nc4)nc(N4CCOCC4)nc32)C1. The number of ether oxygens (including phenoxy) is 1. The van der Waals surface area contributed by atoms with Crippen LogP contribution in [0.1, 0.15) is 18.4 Å². The van der Waals surface area contributed by atoms with Crippen LogP contribution in [0.25, 0.3) is 11.3 Å². The quantitative estimate of drug-likeness (QED) is 0.569. The van der Waals surface area contributed by atoms with Crippen molar-refractivity contribution < 1.29 is 13.2 Å². The molecule has 2 aliphatic heterocycles. The van der Waals surface area contributed by atoms with Crippen LogP contribution in [0.15, 0.2) is 12.4 Å². The zero-order valence-electron chi connectivity index (χ0n) is 18.8. The molecule has 2 aromatic heterocycles. The lowest BCUT2D eigenvalue weighted by Crippen LogP contribution is -2.55. The molecule has 0 unspecified atom stereocenters. The Hall–Kier alpha value is -2.61. The highest BCUT2D eigenvalue weighted by Gasteiger charge is 2.42. The van der Waals surface area contributed by atoms with E-state index in [1.54, 1.807) is 19.4 Å². The maximum absolute atomic E-state index is 12.1. The number of hydrogen-bond donors (Lipinski definition) is 2. The number of anilines is 3. The predicted octanol–water partition coefficient (Wildman–Crippen LogP) is -0.358. The lowest BCUT2D eigenvalue weighted by Gasteiger charge is -2.45. The summed E-state index contributed by atoms with van der Waals surface area (Å²) in [6, 6.07) is 0.204. The van der Waals surface area contributed by atoms with Crippen LogP contribution >= 0.6 is 0 Å². The first-order valence-electron chi connectivity index (χ1n) is 11.1. The van der Waals surface area contributed by atoms with E-state index in [-0.39, 0.29) is 18.0 Å². The Morgan fingerprint density at radius 1 is 1.15 bits per heavy atom. The standard InChI is InChI=1S/C20H29N9O3S/c1-22-33(30,31)27(2)14-9-15(10-14)29-4-3-16-17(13-11-23-19(21)24-12-13)25-20(26-18(16)29)28-5-7-32-8-6-28/h11-12,14-15,22H,3-10H2,1-2H3,(H2,21,23,24)/t14-,15-. The lowest BCUT2D eigenvalue weighted by atomic mass is 9.86. The van der Waals surface area contributed by atoms with Crippen LogP contribution in [0.5, 0.6) is 0 Å². The first kappa shape index (κ1) is 22.2. The summed E-state index contributed by atoms with van der Waals surface area (Å²) in [4.78, 5) is 22.6. The van der Waals surface area contributed by atoms with Gasteiger partial charge in [0, 0.05) is 69.3 Å². The van der Waals surface area contributed by atoms with Crippen LogP contribution in [0, 0.1) is 0 Å². The Labute approximate surface area is 193 Å². The Kier molecular flexibility index (Phi) is 5.80. The Balaban J connectivity index is 1.45. The van der Waals surface area contributed by atoms with Crippen LogP contribution in [-0.4, -0.2) is 91.7 Å². The maximum atomic E-state index is 12.1. The van der Waals surface area contributed by atoms with Crippen molar-refractivity contribution in [3.8, 4) is 11.3 Å². The highest BCUT2D eigenvalue weighted by molar-refractivity contribution is 7.87. The number of morpholine rings is 1. The van der Waals surface area contributed by atoms with Crippen LogP contribution in [-0.2, 0) is 21.4 Å². The number of fused-ring (bicyclic) bond motifs is 1. The van der Waals surface area contributed by atoms with E-state index < -0.39 is 10.2 Å². The number of nitrogens with two attached hydrogens (primary N) is 1. The second-order valence-corrected chi connectivity index (χ2v) is 10.5. The number of nitrogen functional groups attached to an aromatic ring is 1. The minimum atomic E-state index is -3.44. The highest BCUT2D eigenvalue weighted by atomic mass is 32.2. The zero-order chi connectivity index (χ0) is 23.2. The molecule has 0 atom stereocenters. The summed E-state index contributed by atoms with van der Waals surface area (Å²) < 4.78 is 33.6. The molecule has 13 heteroatoms. The molecule has 0 spiro atoms. The van der Waals surface area contributed by atoms with Crippen LogP contribution in [0.3, 0.4) is 0 Å². The predicted molar refractivity (Wildman–Crippen MR) is 124 cm³/mol. The third-order valence-electron chi connectivity index (χ3n) is 6.77. The van der Waals surface area contributed by atoms with Crippen molar-refractivity contribution in [3.63, 3.8) is 0 Å². The highest BCUT2D eigenvalue weighted by Crippen LogP contribution is 2.41. The molecule has 1 saturated heterocycles. The average molecular weight is 476 g/mol. The van der Waals surface area contributed by atoms with Crippen molar-refractivity contribution in [3.05, 3.63) is 18.0 Å². The summed E-state index contributed by atoms with van der Waals surface area (Å²) in [6.07, 6.45) is 5.73. The number of nitrogens with zero attached hydrogens (tertiary/aromatic N) is 7. The van der Waals surface area contributed by atoms with E-state index in [2.05, 4.69) is 24.5 Å². The Morgan fingerprint density at radius 2 is 1.85 bits per heavy atom. The maximum Gasteiger partial charge on any atom is 0.279 e. The molecule has 0 aromatic carbocycles. The molecule has 3 N–H and O–H groups in total. The molecule has 178 valence electrons. The summed E-state index contributed by atoms with van der Waals surface area (Å²) in [7, 11) is -0.373. The van der Waals surface area contributed by atoms with Crippen molar-refractivity contribution in [2.75, 3.05) is 62.5 Å². The third-order valence-corrected chi connectivity index (χ3v) is 8.34. The van der Waals surface area contributed by atoms with Gasteiger partial charge in [0.05, 0.1) is 18.9 Å².